The van der Waals surface area contributed by atoms with Crippen molar-refractivity contribution in [1.29, 1.82) is 5.26 Å². The van der Waals surface area contributed by atoms with Crippen LogP contribution in [-0.4, -0.2) is 43.2 Å². The van der Waals surface area contributed by atoms with Gasteiger partial charge in [0.1, 0.15) is 5.82 Å². The summed E-state index contributed by atoms with van der Waals surface area (Å²) in [6.07, 6.45) is 1.93. The first-order valence-corrected chi connectivity index (χ1v) is 12.7. The Bertz CT molecular complexity index is 1390. The molecule has 3 aromatic carbocycles. The van der Waals surface area contributed by atoms with E-state index in [1.807, 2.05) is 72.6 Å². The molecule has 1 unspecified atom stereocenters. The first-order chi connectivity index (χ1) is 16.8. The van der Waals surface area contributed by atoms with Crippen molar-refractivity contribution < 1.29 is 12.8 Å². The summed E-state index contributed by atoms with van der Waals surface area (Å²) in [5, 5.41) is 11.8. The molecule has 1 fully saturated rings. The second kappa shape index (κ2) is 10.4. The van der Waals surface area contributed by atoms with Crippen molar-refractivity contribution in [3.05, 3.63) is 94.8 Å². The lowest BCUT2D eigenvalue weighted by Crippen LogP contribution is -2.54. The lowest BCUT2D eigenvalue weighted by Gasteiger charge is -2.41. The molecule has 0 aliphatic carbocycles. The van der Waals surface area contributed by atoms with Crippen LogP contribution in [0, 0.1) is 24.2 Å². The molecule has 1 saturated heterocycles. The summed E-state index contributed by atoms with van der Waals surface area (Å²) in [6.45, 7) is 2.58. The van der Waals surface area contributed by atoms with Gasteiger partial charge in [-0.15, -0.1) is 0 Å². The SMILES string of the molecule is Cc1ccccc1N=C(NC#N)N1CCN(S(=O)(=O)c2ccc(F)c(Cl)c2)C(c2ccccc2)C1. The van der Waals surface area contributed by atoms with Crippen LogP contribution in [0.4, 0.5) is 10.1 Å². The molecule has 0 aromatic heterocycles. The molecular formula is C25H23ClFN5O2S. The summed E-state index contributed by atoms with van der Waals surface area (Å²) in [6, 6.07) is 19.6. The third-order valence-corrected chi connectivity index (χ3v) is 8.02. The van der Waals surface area contributed by atoms with Crippen LogP contribution in [0.3, 0.4) is 0 Å². The molecule has 1 aliphatic rings. The van der Waals surface area contributed by atoms with Crippen LogP contribution in [0.5, 0.6) is 0 Å². The minimum Gasteiger partial charge on any atom is -0.339 e. The second-order valence-corrected chi connectivity index (χ2v) is 10.3. The Kier molecular flexibility index (Phi) is 7.36. The number of nitrogens with zero attached hydrogens (tertiary/aromatic N) is 4. The third kappa shape index (κ3) is 5.30. The van der Waals surface area contributed by atoms with Gasteiger partial charge in [0, 0.05) is 19.6 Å². The number of piperazine rings is 1. The van der Waals surface area contributed by atoms with Crippen molar-refractivity contribution in [3.8, 4) is 6.19 Å². The van der Waals surface area contributed by atoms with Gasteiger partial charge in [-0.3, -0.25) is 5.32 Å². The molecule has 1 heterocycles. The van der Waals surface area contributed by atoms with Crippen LogP contribution in [-0.2, 0) is 10.0 Å². The molecule has 0 radical (unpaired) electrons. The number of aryl methyl sites for hydroxylation is 1. The summed E-state index contributed by atoms with van der Waals surface area (Å²) >= 11 is 5.88. The van der Waals surface area contributed by atoms with Crippen molar-refractivity contribution in [2.24, 2.45) is 4.99 Å². The zero-order chi connectivity index (χ0) is 25.0. The number of rotatable bonds is 4. The van der Waals surface area contributed by atoms with Crippen LogP contribution >= 0.6 is 11.6 Å². The van der Waals surface area contributed by atoms with Crippen molar-refractivity contribution in [1.82, 2.24) is 14.5 Å². The number of hydrogen-bond acceptors (Lipinski definition) is 4. The first-order valence-electron chi connectivity index (χ1n) is 10.9. The van der Waals surface area contributed by atoms with Crippen LogP contribution in [0.25, 0.3) is 0 Å². The highest BCUT2D eigenvalue weighted by atomic mass is 35.5. The average molecular weight is 512 g/mol. The van der Waals surface area contributed by atoms with Crippen LogP contribution < -0.4 is 5.32 Å². The molecule has 7 nitrogen and oxygen atoms in total. The van der Waals surface area contributed by atoms with E-state index in [-0.39, 0.29) is 29.6 Å². The second-order valence-electron chi connectivity index (χ2n) is 8.02. The number of aliphatic imine (C=N–C) groups is 1. The zero-order valence-electron chi connectivity index (χ0n) is 18.9. The fourth-order valence-corrected chi connectivity index (χ4v) is 5.86. The highest BCUT2D eigenvalue weighted by Gasteiger charge is 2.38. The molecule has 10 heteroatoms. The Balaban J connectivity index is 1.72. The van der Waals surface area contributed by atoms with Gasteiger partial charge in [0.2, 0.25) is 16.0 Å². The number of benzene rings is 3. The summed E-state index contributed by atoms with van der Waals surface area (Å²) in [5.74, 6) is -0.348. The molecule has 3 aromatic rings. The lowest BCUT2D eigenvalue weighted by atomic mass is 10.0. The van der Waals surface area contributed by atoms with Crippen molar-refractivity contribution in [2.75, 3.05) is 19.6 Å². The van der Waals surface area contributed by atoms with Gasteiger partial charge in [-0.05, 0) is 42.3 Å². The molecule has 0 spiro atoms. The number of sulfonamides is 1. The molecule has 180 valence electrons. The Morgan fingerprint density at radius 2 is 1.83 bits per heavy atom. The Hall–Kier alpha value is -3.45. The summed E-state index contributed by atoms with van der Waals surface area (Å²) < 4.78 is 42.3. The van der Waals surface area contributed by atoms with E-state index in [4.69, 9.17) is 11.6 Å². The molecule has 0 bridgehead atoms. The summed E-state index contributed by atoms with van der Waals surface area (Å²) in [7, 11) is -4.00. The zero-order valence-corrected chi connectivity index (χ0v) is 20.5. The monoisotopic (exact) mass is 511 g/mol. The topological polar surface area (TPSA) is 88.8 Å². The smallest absolute Gasteiger partial charge is 0.243 e. The minimum absolute atomic E-state index is 0.0813. The average Bonchev–Trinajstić information content (AvgIpc) is 2.86. The molecule has 4 rings (SSSR count). The number of para-hydroxylation sites is 1. The Morgan fingerprint density at radius 1 is 1.11 bits per heavy atom. The van der Waals surface area contributed by atoms with E-state index in [0.29, 0.717) is 11.6 Å². The fourth-order valence-electron chi connectivity index (χ4n) is 4.00. The third-order valence-electron chi connectivity index (χ3n) is 5.82. The van der Waals surface area contributed by atoms with Gasteiger partial charge in [0.15, 0.2) is 6.19 Å². The van der Waals surface area contributed by atoms with E-state index in [0.717, 1.165) is 23.3 Å². The largest absolute Gasteiger partial charge is 0.339 e. The van der Waals surface area contributed by atoms with E-state index in [9.17, 15) is 18.1 Å². The molecule has 0 amide bonds. The van der Waals surface area contributed by atoms with Gasteiger partial charge >= 0.3 is 0 Å². The summed E-state index contributed by atoms with van der Waals surface area (Å²) in [4.78, 5) is 6.43. The van der Waals surface area contributed by atoms with Crippen molar-refractivity contribution in [2.45, 2.75) is 17.9 Å². The molecule has 1 atom stereocenters. The minimum atomic E-state index is -4.00. The van der Waals surface area contributed by atoms with Crippen LogP contribution in [0.2, 0.25) is 5.02 Å². The van der Waals surface area contributed by atoms with Gasteiger partial charge < -0.3 is 4.90 Å². The van der Waals surface area contributed by atoms with Gasteiger partial charge in [-0.2, -0.15) is 9.57 Å². The number of nitriles is 1. The van der Waals surface area contributed by atoms with Crippen molar-refractivity contribution >= 4 is 33.3 Å². The number of guanidine groups is 1. The van der Waals surface area contributed by atoms with E-state index >= 15 is 0 Å². The van der Waals surface area contributed by atoms with Gasteiger partial charge in [0.05, 0.1) is 21.6 Å². The van der Waals surface area contributed by atoms with Gasteiger partial charge in [-0.25, -0.2) is 17.8 Å². The maximum Gasteiger partial charge on any atom is 0.243 e. The maximum atomic E-state index is 13.7. The normalized spacial score (nSPS) is 17.1. The van der Waals surface area contributed by atoms with Crippen molar-refractivity contribution in [3.63, 3.8) is 0 Å². The van der Waals surface area contributed by atoms with E-state index in [1.54, 1.807) is 0 Å². The van der Waals surface area contributed by atoms with E-state index < -0.39 is 21.9 Å². The molecule has 0 saturated carbocycles. The van der Waals surface area contributed by atoms with Gasteiger partial charge in [0.25, 0.3) is 0 Å². The summed E-state index contributed by atoms with van der Waals surface area (Å²) in [5.41, 5.74) is 2.43. The molecule has 1 N–H and O–H groups in total. The standard InChI is InChI=1S/C25H23ClFN5O2S/c1-18-7-5-6-10-23(18)30-25(29-17-28)31-13-14-32(24(16-31)19-8-3-2-4-9-19)35(33,34)20-11-12-22(27)21(26)15-20/h2-12,15,24H,13-14,16H2,1H3,(H,29,30). The lowest BCUT2D eigenvalue weighted by molar-refractivity contribution is 0.192. The Labute approximate surface area is 209 Å². The first kappa shape index (κ1) is 24.7. The maximum absolute atomic E-state index is 13.7. The fraction of sp³-hybridized carbons (Fsp3) is 0.200. The van der Waals surface area contributed by atoms with E-state index in [1.165, 1.54) is 10.4 Å². The quantitative estimate of drug-likeness (QED) is 0.239. The molecule has 35 heavy (non-hydrogen) atoms. The molecule has 1 aliphatic heterocycles. The molecular weight excluding hydrogens is 489 g/mol. The highest BCUT2D eigenvalue weighted by molar-refractivity contribution is 7.89. The Morgan fingerprint density at radius 3 is 2.51 bits per heavy atom. The van der Waals surface area contributed by atoms with Crippen LogP contribution in [0.1, 0.15) is 17.2 Å². The van der Waals surface area contributed by atoms with Gasteiger partial charge in [-0.1, -0.05) is 60.1 Å². The number of hydrogen-bond donors (Lipinski definition) is 1. The number of nitrogens with one attached hydrogen (secondary N) is 1. The predicted octanol–water partition coefficient (Wildman–Crippen LogP) is 4.59. The van der Waals surface area contributed by atoms with Crippen LogP contribution in [0.15, 0.2) is 82.7 Å². The predicted molar refractivity (Wildman–Crippen MR) is 133 cm³/mol. The number of halogens is 2. The highest BCUT2D eigenvalue weighted by Crippen LogP contribution is 2.33. The van der Waals surface area contributed by atoms with E-state index in [2.05, 4.69) is 10.3 Å².